The van der Waals surface area contributed by atoms with Gasteiger partial charge in [-0.3, -0.25) is 0 Å². The summed E-state index contributed by atoms with van der Waals surface area (Å²) in [7, 11) is 0. The molecule has 2 rings (SSSR count). The second-order valence-electron chi connectivity index (χ2n) is 4.69. The summed E-state index contributed by atoms with van der Waals surface area (Å²) in [5.74, 6) is 0.208. The average Bonchev–Trinajstić information content (AvgIpc) is 2.83. The van der Waals surface area contributed by atoms with Crippen molar-refractivity contribution in [3.05, 3.63) is 36.0 Å². The maximum Gasteiger partial charge on any atom is 0.0758 e. The number of aliphatic hydroxyl groups excluding tert-OH is 1. The highest BCUT2D eigenvalue weighted by atomic mass is 16.3. The Morgan fingerprint density at radius 3 is 2.82 bits per heavy atom. The molecule has 0 spiro atoms. The van der Waals surface area contributed by atoms with E-state index in [1.807, 2.05) is 37.4 Å². The molecule has 1 heterocycles. The Bertz CT molecular complexity index is 492. The first kappa shape index (κ1) is 12.1. The Morgan fingerprint density at radius 1 is 1.35 bits per heavy atom. The highest BCUT2D eigenvalue weighted by Gasteiger charge is 2.23. The fourth-order valence-corrected chi connectivity index (χ4v) is 2.18. The van der Waals surface area contributed by atoms with Gasteiger partial charge in [-0.15, -0.1) is 0 Å². The lowest BCUT2D eigenvalue weighted by Crippen LogP contribution is -2.31. The molecule has 1 aromatic carbocycles. The quantitative estimate of drug-likeness (QED) is 0.758. The summed E-state index contributed by atoms with van der Waals surface area (Å²) >= 11 is 0. The molecule has 3 atom stereocenters. The average molecular weight is 232 g/mol. The van der Waals surface area contributed by atoms with E-state index in [9.17, 15) is 5.11 Å². The van der Waals surface area contributed by atoms with Crippen LogP contribution in [-0.4, -0.2) is 16.2 Å². The third-order valence-corrected chi connectivity index (χ3v) is 3.58. The molecule has 0 aliphatic rings. The molecule has 0 aliphatic carbocycles. The first-order chi connectivity index (χ1) is 8.15. The number of nitrogens with one attached hydrogen (secondary N) is 1. The zero-order valence-electron chi connectivity index (χ0n) is 10.4. The van der Waals surface area contributed by atoms with Crippen molar-refractivity contribution in [3.63, 3.8) is 0 Å². The molecule has 4 N–H and O–H groups in total. The Labute approximate surface area is 102 Å². The van der Waals surface area contributed by atoms with Crippen LogP contribution in [0.3, 0.4) is 0 Å². The van der Waals surface area contributed by atoms with Gasteiger partial charge in [-0.25, -0.2) is 0 Å². The summed E-state index contributed by atoms with van der Waals surface area (Å²) < 4.78 is 0. The lowest BCUT2D eigenvalue weighted by molar-refractivity contribution is 0.0884. The number of aliphatic hydroxyl groups is 1. The van der Waals surface area contributed by atoms with E-state index in [2.05, 4.69) is 11.9 Å². The molecule has 92 valence electrons. The SMILES string of the molecule is CCC(C)[C@@H](O)[C@@H](N)c1cccc2[nH]ccc12. The first-order valence-electron chi connectivity index (χ1n) is 6.14. The normalized spacial score (nSPS) is 16.9. The van der Waals surface area contributed by atoms with Crippen LogP contribution in [0.2, 0.25) is 0 Å². The molecule has 1 aromatic heterocycles. The number of fused-ring (bicyclic) bond motifs is 1. The number of benzene rings is 1. The zero-order valence-corrected chi connectivity index (χ0v) is 10.4. The van der Waals surface area contributed by atoms with E-state index in [4.69, 9.17) is 5.73 Å². The van der Waals surface area contributed by atoms with Gasteiger partial charge in [0.25, 0.3) is 0 Å². The van der Waals surface area contributed by atoms with Crippen LogP contribution in [0.4, 0.5) is 0 Å². The summed E-state index contributed by atoms with van der Waals surface area (Å²) in [4.78, 5) is 3.16. The molecule has 0 aliphatic heterocycles. The van der Waals surface area contributed by atoms with Crippen molar-refractivity contribution in [2.75, 3.05) is 0 Å². The summed E-state index contributed by atoms with van der Waals surface area (Å²) in [5.41, 5.74) is 8.25. The molecular weight excluding hydrogens is 212 g/mol. The van der Waals surface area contributed by atoms with Gasteiger partial charge in [0, 0.05) is 17.1 Å². The summed E-state index contributed by atoms with van der Waals surface area (Å²) in [6, 6.07) is 7.66. The topological polar surface area (TPSA) is 62.0 Å². The third kappa shape index (κ3) is 2.21. The number of aromatic amines is 1. The van der Waals surface area contributed by atoms with Gasteiger partial charge in [-0.05, 0) is 23.6 Å². The monoisotopic (exact) mass is 232 g/mol. The van der Waals surface area contributed by atoms with E-state index >= 15 is 0 Å². The van der Waals surface area contributed by atoms with Gasteiger partial charge in [0.1, 0.15) is 0 Å². The smallest absolute Gasteiger partial charge is 0.0758 e. The van der Waals surface area contributed by atoms with E-state index in [0.29, 0.717) is 0 Å². The van der Waals surface area contributed by atoms with E-state index < -0.39 is 6.10 Å². The van der Waals surface area contributed by atoms with Crippen LogP contribution in [0, 0.1) is 5.92 Å². The molecule has 3 heteroatoms. The minimum atomic E-state index is -0.500. The van der Waals surface area contributed by atoms with E-state index in [-0.39, 0.29) is 12.0 Å². The Hall–Kier alpha value is -1.32. The fraction of sp³-hybridized carbons (Fsp3) is 0.429. The Morgan fingerprint density at radius 2 is 2.12 bits per heavy atom. The van der Waals surface area contributed by atoms with Gasteiger partial charge in [0.2, 0.25) is 0 Å². The molecule has 1 unspecified atom stereocenters. The van der Waals surface area contributed by atoms with Crippen molar-refractivity contribution in [2.45, 2.75) is 32.4 Å². The van der Waals surface area contributed by atoms with Crippen molar-refractivity contribution in [3.8, 4) is 0 Å². The van der Waals surface area contributed by atoms with Crippen molar-refractivity contribution in [2.24, 2.45) is 11.7 Å². The minimum Gasteiger partial charge on any atom is -0.391 e. The van der Waals surface area contributed by atoms with Crippen LogP contribution in [-0.2, 0) is 0 Å². The highest BCUT2D eigenvalue weighted by Crippen LogP contribution is 2.27. The predicted octanol–water partition coefficient (Wildman–Crippen LogP) is 2.57. The standard InChI is InChI=1S/C14H20N2O/c1-3-9(2)14(17)13(15)11-5-4-6-12-10(11)7-8-16-12/h4-9,13-14,16-17H,3,15H2,1-2H3/t9?,13-,14+/m0/s1. The van der Waals surface area contributed by atoms with Gasteiger partial charge in [0.05, 0.1) is 12.1 Å². The number of H-pyrrole nitrogens is 1. The van der Waals surface area contributed by atoms with Gasteiger partial charge in [-0.1, -0.05) is 32.4 Å². The molecule has 0 saturated carbocycles. The molecule has 17 heavy (non-hydrogen) atoms. The van der Waals surface area contributed by atoms with Gasteiger partial charge in [-0.2, -0.15) is 0 Å². The molecule has 0 bridgehead atoms. The van der Waals surface area contributed by atoms with Crippen LogP contribution < -0.4 is 5.73 Å². The van der Waals surface area contributed by atoms with Crippen molar-refractivity contribution < 1.29 is 5.11 Å². The fourth-order valence-electron chi connectivity index (χ4n) is 2.18. The van der Waals surface area contributed by atoms with Crippen molar-refractivity contribution >= 4 is 10.9 Å². The lowest BCUT2D eigenvalue weighted by atomic mass is 9.90. The number of hydrogen-bond donors (Lipinski definition) is 3. The molecule has 0 fully saturated rings. The highest BCUT2D eigenvalue weighted by molar-refractivity contribution is 5.83. The lowest BCUT2D eigenvalue weighted by Gasteiger charge is -2.24. The second kappa shape index (κ2) is 4.90. The van der Waals surface area contributed by atoms with Crippen LogP contribution in [0.5, 0.6) is 0 Å². The maximum atomic E-state index is 10.2. The van der Waals surface area contributed by atoms with Gasteiger partial charge >= 0.3 is 0 Å². The largest absolute Gasteiger partial charge is 0.391 e. The maximum absolute atomic E-state index is 10.2. The van der Waals surface area contributed by atoms with Gasteiger partial charge in [0.15, 0.2) is 0 Å². The number of nitrogens with two attached hydrogens (primary N) is 1. The minimum absolute atomic E-state index is 0.208. The van der Waals surface area contributed by atoms with Crippen LogP contribution >= 0.6 is 0 Å². The molecule has 0 saturated heterocycles. The number of aromatic nitrogens is 1. The van der Waals surface area contributed by atoms with E-state index in [1.165, 1.54) is 0 Å². The molecule has 0 radical (unpaired) electrons. The first-order valence-corrected chi connectivity index (χ1v) is 6.14. The predicted molar refractivity (Wildman–Crippen MR) is 70.7 cm³/mol. The molecule has 3 nitrogen and oxygen atoms in total. The Balaban J connectivity index is 2.36. The van der Waals surface area contributed by atoms with E-state index in [0.717, 1.165) is 22.9 Å². The van der Waals surface area contributed by atoms with Crippen LogP contribution in [0.1, 0.15) is 31.9 Å². The van der Waals surface area contributed by atoms with Crippen molar-refractivity contribution in [1.29, 1.82) is 0 Å². The second-order valence-corrected chi connectivity index (χ2v) is 4.69. The number of rotatable bonds is 4. The molecular formula is C14H20N2O. The van der Waals surface area contributed by atoms with Crippen LogP contribution in [0.25, 0.3) is 10.9 Å². The Kier molecular flexibility index (Phi) is 3.50. The van der Waals surface area contributed by atoms with Gasteiger partial charge < -0.3 is 15.8 Å². The summed E-state index contributed by atoms with van der Waals surface area (Å²) in [6.45, 7) is 4.10. The van der Waals surface area contributed by atoms with Crippen molar-refractivity contribution in [1.82, 2.24) is 4.98 Å². The third-order valence-electron chi connectivity index (χ3n) is 3.58. The van der Waals surface area contributed by atoms with E-state index in [1.54, 1.807) is 0 Å². The number of hydrogen-bond acceptors (Lipinski definition) is 2. The molecule has 2 aromatic rings. The zero-order chi connectivity index (χ0) is 12.4. The van der Waals surface area contributed by atoms with Crippen LogP contribution in [0.15, 0.2) is 30.5 Å². The summed E-state index contributed by atoms with van der Waals surface area (Å²) in [6.07, 6.45) is 2.33. The molecule has 0 amide bonds. The summed E-state index contributed by atoms with van der Waals surface area (Å²) in [5, 5.41) is 11.3.